The Labute approximate surface area is 109 Å². The van der Waals surface area contributed by atoms with Crippen molar-refractivity contribution in [3.8, 4) is 6.07 Å². The second-order valence-electron chi connectivity index (χ2n) is 4.72. The van der Waals surface area contributed by atoms with E-state index in [-0.39, 0.29) is 11.9 Å². The first-order valence-electron chi connectivity index (χ1n) is 6.36. The number of rotatable bonds is 3. The van der Waals surface area contributed by atoms with Crippen LogP contribution in [0.5, 0.6) is 0 Å². The minimum Gasteiger partial charge on any atom is -0.337 e. The average molecular weight is 254 g/mol. The molecular weight excluding hydrogens is 232 g/mol. The Hall–Kier alpha value is -0.690. The molecule has 0 aromatic carbocycles. The van der Waals surface area contributed by atoms with Crippen LogP contribution in [0.2, 0.25) is 0 Å². The van der Waals surface area contributed by atoms with Crippen molar-refractivity contribution >= 4 is 17.7 Å². The van der Waals surface area contributed by atoms with Crippen molar-refractivity contribution in [3.05, 3.63) is 0 Å². The van der Waals surface area contributed by atoms with E-state index in [1.807, 2.05) is 30.5 Å². The highest BCUT2D eigenvalue weighted by Crippen LogP contribution is 2.32. The lowest BCUT2D eigenvalue weighted by Gasteiger charge is -2.41. The van der Waals surface area contributed by atoms with Crippen molar-refractivity contribution in [2.75, 3.05) is 12.3 Å². The number of nitriles is 1. The molecule has 0 bridgehead atoms. The number of amides is 1. The monoisotopic (exact) mass is 254 g/mol. The first-order chi connectivity index (χ1) is 8.02. The largest absolute Gasteiger partial charge is 0.337 e. The second kappa shape index (κ2) is 5.77. The summed E-state index contributed by atoms with van der Waals surface area (Å²) in [4.78, 5) is 14.5. The second-order valence-corrected chi connectivity index (χ2v) is 6.20. The maximum absolute atomic E-state index is 12.6. The summed E-state index contributed by atoms with van der Waals surface area (Å²) in [7, 11) is 0. The Balaban J connectivity index is 2.92. The van der Waals surface area contributed by atoms with Crippen molar-refractivity contribution in [1.29, 1.82) is 5.26 Å². The van der Waals surface area contributed by atoms with Gasteiger partial charge in [-0.15, -0.1) is 0 Å². The van der Waals surface area contributed by atoms with Crippen LogP contribution >= 0.6 is 11.8 Å². The van der Waals surface area contributed by atoms with E-state index in [0.29, 0.717) is 18.1 Å². The molecule has 1 aliphatic heterocycles. The van der Waals surface area contributed by atoms with Crippen LogP contribution in [0.25, 0.3) is 0 Å². The fourth-order valence-corrected chi connectivity index (χ4v) is 3.35. The van der Waals surface area contributed by atoms with Gasteiger partial charge in [-0.25, -0.2) is 0 Å². The van der Waals surface area contributed by atoms with Gasteiger partial charge in [-0.05, 0) is 19.8 Å². The maximum atomic E-state index is 12.6. The lowest BCUT2D eigenvalue weighted by Crippen LogP contribution is -2.53. The van der Waals surface area contributed by atoms with Crippen molar-refractivity contribution in [1.82, 2.24) is 4.90 Å². The quantitative estimate of drug-likeness (QED) is 0.777. The topological polar surface area (TPSA) is 44.1 Å². The Kier molecular flexibility index (Phi) is 4.88. The molecule has 2 atom stereocenters. The average Bonchev–Trinajstić information content (AvgIpc) is 2.35. The van der Waals surface area contributed by atoms with Crippen LogP contribution in [0.1, 0.15) is 40.5 Å². The molecule has 1 fully saturated rings. The highest BCUT2D eigenvalue weighted by atomic mass is 32.2. The van der Waals surface area contributed by atoms with Gasteiger partial charge in [-0.3, -0.25) is 4.79 Å². The highest BCUT2D eigenvalue weighted by molar-refractivity contribution is 8.00. The van der Waals surface area contributed by atoms with Gasteiger partial charge in [0, 0.05) is 23.6 Å². The number of hydrogen-bond acceptors (Lipinski definition) is 3. The summed E-state index contributed by atoms with van der Waals surface area (Å²) in [5.41, 5.74) is -0.810. The van der Waals surface area contributed by atoms with Crippen molar-refractivity contribution in [3.63, 3.8) is 0 Å². The summed E-state index contributed by atoms with van der Waals surface area (Å²) in [5.74, 6) is 1.01. The molecule has 1 aliphatic rings. The Morgan fingerprint density at radius 1 is 1.47 bits per heavy atom. The SMILES string of the molecule is CCC(C#N)(CC)C(=O)N1CCSC(C)C1C. The van der Waals surface area contributed by atoms with Crippen LogP contribution < -0.4 is 0 Å². The zero-order chi connectivity index (χ0) is 13.1. The molecule has 2 unspecified atom stereocenters. The van der Waals surface area contributed by atoms with E-state index in [1.54, 1.807) is 0 Å². The summed E-state index contributed by atoms with van der Waals surface area (Å²) >= 11 is 1.90. The Morgan fingerprint density at radius 2 is 2.06 bits per heavy atom. The summed E-state index contributed by atoms with van der Waals surface area (Å²) in [6.07, 6.45) is 1.20. The third-order valence-electron chi connectivity index (χ3n) is 3.98. The molecule has 0 aliphatic carbocycles. The van der Waals surface area contributed by atoms with E-state index in [9.17, 15) is 10.1 Å². The normalized spacial score (nSPS) is 25.5. The molecule has 1 amide bonds. The van der Waals surface area contributed by atoms with Crippen LogP contribution in [0, 0.1) is 16.7 Å². The maximum Gasteiger partial charge on any atom is 0.243 e. The highest BCUT2D eigenvalue weighted by Gasteiger charge is 2.41. The molecular formula is C13H22N2OS. The van der Waals surface area contributed by atoms with Gasteiger partial charge in [-0.1, -0.05) is 20.8 Å². The Bertz CT molecular complexity index is 320. The molecule has 4 heteroatoms. The lowest BCUT2D eigenvalue weighted by molar-refractivity contribution is -0.141. The molecule has 1 rings (SSSR count). The number of nitrogens with zero attached hydrogens (tertiary/aromatic N) is 2. The van der Waals surface area contributed by atoms with Crippen LogP contribution in [-0.4, -0.2) is 34.4 Å². The lowest BCUT2D eigenvalue weighted by atomic mass is 9.82. The fourth-order valence-electron chi connectivity index (χ4n) is 2.25. The third kappa shape index (κ3) is 2.60. The van der Waals surface area contributed by atoms with Crippen LogP contribution in [-0.2, 0) is 4.79 Å². The summed E-state index contributed by atoms with van der Waals surface area (Å²) < 4.78 is 0. The molecule has 96 valence electrons. The molecule has 0 N–H and O–H groups in total. The van der Waals surface area contributed by atoms with Gasteiger partial charge in [0.2, 0.25) is 5.91 Å². The zero-order valence-corrected chi connectivity index (χ0v) is 12.0. The molecule has 1 heterocycles. The van der Waals surface area contributed by atoms with Gasteiger partial charge >= 0.3 is 0 Å². The Morgan fingerprint density at radius 3 is 2.53 bits per heavy atom. The molecule has 0 spiro atoms. The van der Waals surface area contributed by atoms with E-state index >= 15 is 0 Å². The summed E-state index contributed by atoms with van der Waals surface area (Å²) in [6.45, 7) is 8.87. The number of thioether (sulfide) groups is 1. The van der Waals surface area contributed by atoms with E-state index in [1.165, 1.54) is 0 Å². The smallest absolute Gasteiger partial charge is 0.243 e. The minimum atomic E-state index is -0.810. The third-order valence-corrected chi connectivity index (χ3v) is 5.31. The van der Waals surface area contributed by atoms with E-state index in [4.69, 9.17) is 0 Å². The number of carbonyl (C=O) groups is 1. The fraction of sp³-hybridized carbons (Fsp3) is 0.846. The molecule has 0 radical (unpaired) electrons. The molecule has 0 saturated carbocycles. The minimum absolute atomic E-state index is 0.0321. The number of carbonyl (C=O) groups excluding carboxylic acids is 1. The first-order valence-corrected chi connectivity index (χ1v) is 7.41. The zero-order valence-electron chi connectivity index (χ0n) is 11.2. The predicted octanol–water partition coefficient (Wildman–Crippen LogP) is 2.67. The molecule has 0 aromatic rings. The van der Waals surface area contributed by atoms with Crippen molar-refractivity contribution in [2.45, 2.75) is 51.8 Å². The van der Waals surface area contributed by atoms with Crippen LogP contribution in [0.3, 0.4) is 0 Å². The van der Waals surface area contributed by atoms with Crippen molar-refractivity contribution in [2.24, 2.45) is 5.41 Å². The van der Waals surface area contributed by atoms with Gasteiger partial charge in [0.15, 0.2) is 0 Å². The van der Waals surface area contributed by atoms with E-state index in [0.717, 1.165) is 12.3 Å². The van der Waals surface area contributed by atoms with Gasteiger partial charge in [0.25, 0.3) is 0 Å². The number of hydrogen-bond donors (Lipinski definition) is 0. The van der Waals surface area contributed by atoms with Crippen LogP contribution in [0.15, 0.2) is 0 Å². The summed E-state index contributed by atoms with van der Waals surface area (Å²) in [6, 6.07) is 2.48. The van der Waals surface area contributed by atoms with Crippen LogP contribution in [0.4, 0.5) is 0 Å². The molecule has 1 saturated heterocycles. The van der Waals surface area contributed by atoms with Crippen molar-refractivity contribution < 1.29 is 4.79 Å². The molecule has 3 nitrogen and oxygen atoms in total. The molecule has 17 heavy (non-hydrogen) atoms. The summed E-state index contributed by atoms with van der Waals surface area (Å²) in [5, 5.41) is 9.78. The van der Waals surface area contributed by atoms with Gasteiger partial charge < -0.3 is 4.90 Å². The van der Waals surface area contributed by atoms with Gasteiger partial charge in [0.1, 0.15) is 5.41 Å². The first kappa shape index (κ1) is 14.4. The van der Waals surface area contributed by atoms with E-state index in [2.05, 4.69) is 19.9 Å². The van der Waals surface area contributed by atoms with E-state index < -0.39 is 5.41 Å². The predicted molar refractivity (Wildman–Crippen MR) is 71.7 cm³/mol. The van der Waals surface area contributed by atoms with Gasteiger partial charge in [0.05, 0.1) is 6.07 Å². The standard InChI is InChI=1S/C13H22N2OS/c1-5-13(6-2,9-14)12(16)15-7-8-17-11(4)10(15)3/h10-11H,5-8H2,1-4H3. The van der Waals surface area contributed by atoms with Gasteiger partial charge in [-0.2, -0.15) is 17.0 Å². The molecule has 0 aromatic heterocycles.